The molecule has 3 aromatic rings. The minimum Gasteiger partial charge on any atom is -0.497 e. The van der Waals surface area contributed by atoms with E-state index in [2.05, 4.69) is 0 Å². The standard InChI is InChI=1S/C20H17NO3/c1-23-19-14-12-18(13-15-19)21(17-10-6-3-7-11-17)24-20(22)16-8-4-2-5-9-16/h2-15H,1H3. The molecule has 3 aromatic carbocycles. The van der Waals surface area contributed by atoms with E-state index in [4.69, 9.17) is 9.57 Å². The van der Waals surface area contributed by atoms with Crippen molar-refractivity contribution in [3.05, 3.63) is 90.5 Å². The molecule has 0 amide bonds. The molecule has 0 spiro atoms. The third-order valence-corrected chi connectivity index (χ3v) is 3.48. The first-order chi connectivity index (χ1) is 11.8. The zero-order valence-electron chi connectivity index (χ0n) is 13.3. The lowest BCUT2D eigenvalue weighted by molar-refractivity contribution is 0.0504. The molecule has 3 rings (SSSR count). The second-order valence-corrected chi connectivity index (χ2v) is 5.07. The summed E-state index contributed by atoms with van der Waals surface area (Å²) in [7, 11) is 1.61. The van der Waals surface area contributed by atoms with Gasteiger partial charge in [-0.1, -0.05) is 36.4 Å². The summed E-state index contributed by atoms with van der Waals surface area (Å²) in [5.41, 5.74) is 1.98. The van der Waals surface area contributed by atoms with Gasteiger partial charge in [-0.05, 0) is 48.5 Å². The lowest BCUT2D eigenvalue weighted by Crippen LogP contribution is -2.22. The average molecular weight is 319 g/mol. The van der Waals surface area contributed by atoms with Crippen LogP contribution in [0.15, 0.2) is 84.9 Å². The molecule has 0 saturated heterocycles. The molecule has 0 bridgehead atoms. The van der Waals surface area contributed by atoms with Gasteiger partial charge in [0.15, 0.2) is 0 Å². The number of carbonyl (C=O) groups excluding carboxylic acids is 1. The summed E-state index contributed by atoms with van der Waals surface area (Å²) in [4.78, 5) is 18.1. The first-order valence-electron chi connectivity index (χ1n) is 7.54. The number of para-hydroxylation sites is 1. The predicted molar refractivity (Wildman–Crippen MR) is 93.4 cm³/mol. The van der Waals surface area contributed by atoms with Crippen molar-refractivity contribution in [1.82, 2.24) is 0 Å². The van der Waals surface area contributed by atoms with Crippen LogP contribution in [-0.4, -0.2) is 13.1 Å². The summed E-state index contributed by atoms with van der Waals surface area (Å²) >= 11 is 0. The Balaban J connectivity index is 1.91. The van der Waals surface area contributed by atoms with Crippen molar-refractivity contribution in [3.63, 3.8) is 0 Å². The molecule has 0 unspecified atom stereocenters. The minimum atomic E-state index is -0.421. The number of hydrogen-bond donors (Lipinski definition) is 0. The van der Waals surface area contributed by atoms with Crippen LogP contribution in [0.5, 0.6) is 5.75 Å². The van der Waals surface area contributed by atoms with Gasteiger partial charge in [0.2, 0.25) is 0 Å². The van der Waals surface area contributed by atoms with Gasteiger partial charge < -0.3 is 9.57 Å². The molecular formula is C20H17NO3. The minimum absolute atomic E-state index is 0.421. The molecule has 4 nitrogen and oxygen atoms in total. The number of hydrogen-bond acceptors (Lipinski definition) is 4. The van der Waals surface area contributed by atoms with Crippen molar-refractivity contribution in [2.24, 2.45) is 0 Å². The molecule has 120 valence electrons. The van der Waals surface area contributed by atoms with Crippen LogP contribution in [-0.2, 0) is 4.84 Å². The Hall–Kier alpha value is -3.27. The molecule has 0 radical (unpaired) electrons. The first-order valence-corrected chi connectivity index (χ1v) is 7.54. The molecule has 0 N–H and O–H groups in total. The lowest BCUT2D eigenvalue weighted by atomic mass is 10.2. The average Bonchev–Trinajstić information content (AvgIpc) is 2.67. The van der Waals surface area contributed by atoms with E-state index in [0.717, 1.165) is 17.1 Å². The van der Waals surface area contributed by atoms with Crippen LogP contribution in [0.1, 0.15) is 10.4 Å². The van der Waals surface area contributed by atoms with Crippen LogP contribution in [0.4, 0.5) is 11.4 Å². The molecule has 0 fully saturated rings. The van der Waals surface area contributed by atoms with Gasteiger partial charge >= 0.3 is 5.97 Å². The number of anilines is 2. The zero-order valence-corrected chi connectivity index (χ0v) is 13.3. The van der Waals surface area contributed by atoms with Crippen LogP contribution in [0.2, 0.25) is 0 Å². The highest BCUT2D eigenvalue weighted by Gasteiger charge is 2.16. The maximum Gasteiger partial charge on any atom is 0.363 e. The molecule has 0 aliphatic heterocycles. The second-order valence-electron chi connectivity index (χ2n) is 5.07. The van der Waals surface area contributed by atoms with Gasteiger partial charge in [0.1, 0.15) is 5.75 Å². The molecule has 0 atom stereocenters. The Morgan fingerprint density at radius 2 is 1.29 bits per heavy atom. The quantitative estimate of drug-likeness (QED) is 0.644. The fourth-order valence-corrected chi connectivity index (χ4v) is 2.25. The van der Waals surface area contributed by atoms with Crippen molar-refractivity contribution in [1.29, 1.82) is 0 Å². The summed E-state index contributed by atoms with van der Waals surface area (Å²) in [6.45, 7) is 0. The number of ether oxygens (including phenoxy) is 1. The van der Waals surface area contributed by atoms with E-state index in [1.54, 1.807) is 31.4 Å². The number of benzene rings is 3. The van der Waals surface area contributed by atoms with Crippen LogP contribution in [0, 0.1) is 0 Å². The highest BCUT2D eigenvalue weighted by Crippen LogP contribution is 2.28. The Labute approximate surface area is 140 Å². The first kappa shape index (κ1) is 15.6. The van der Waals surface area contributed by atoms with Crippen LogP contribution < -0.4 is 9.80 Å². The van der Waals surface area contributed by atoms with Gasteiger partial charge in [0.05, 0.1) is 24.0 Å². The van der Waals surface area contributed by atoms with E-state index in [1.807, 2.05) is 60.7 Å². The van der Waals surface area contributed by atoms with E-state index in [9.17, 15) is 4.79 Å². The van der Waals surface area contributed by atoms with Crippen molar-refractivity contribution < 1.29 is 14.4 Å². The molecule has 0 aliphatic rings. The number of nitrogens with zero attached hydrogens (tertiary/aromatic N) is 1. The van der Waals surface area contributed by atoms with Crippen molar-refractivity contribution >= 4 is 17.3 Å². The van der Waals surface area contributed by atoms with Crippen molar-refractivity contribution in [2.75, 3.05) is 12.2 Å². The van der Waals surface area contributed by atoms with Gasteiger partial charge in [-0.25, -0.2) is 4.79 Å². The molecule has 0 aliphatic carbocycles. The fourth-order valence-electron chi connectivity index (χ4n) is 2.25. The van der Waals surface area contributed by atoms with Crippen LogP contribution >= 0.6 is 0 Å². The third kappa shape index (κ3) is 3.55. The highest BCUT2D eigenvalue weighted by atomic mass is 16.7. The van der Waals surface area contributed by atoms with Crippen LogP contribution in [0.3, 0.4) is 0 Å². The van der Waals surface area contributed by atoms with E-state index >= 15 is 0 Å². The normalized spacial score (nSPS) is 10.0. The van der Waals surface area contributed by atoms with Gasteiger partial charge in [0, 0.05) is 0 Å². The van der Waals surface area contributed by atoms with E-state index < -0.39 is 5.97 Å². The summed E-state index contributed by atoms with van der Waals surface area (Å²) in [5, 5.41) is 1.51. The second kappa shape index (κ2) is 7.33. The molecule has 0 heterocycles. The van der Waals surface area contributed by atoms with E-state index in [0.29, 0.717) is 5.56 Å². The smallest absolute Gasteiger partial charge is 0.363 e. The number of methoxy groups -OCH3 is 1. The van der Waals surface area contributed by atoms with Gasteiger partial charge in [-0.15, -0.1) is 0 Å². The summed E-state index contributed by atoms with van der Waals surface area (Å²) in [6.07, 6.45) is 0. The Bertz CT molecular complexity index is 786. The number of rotatable bonds is 5. The maximum absolute atomic E-state index is 12.4. The van der Waals surface area contributed by atoms with Crippen LogP contribution in [0.25, 0.3) is 0 Å². The molecule has 0 aromatic heterocycles. The summed E-state index contributed by atoms with van der Waals surface area (Å²) in [5.74, 6) is 0.316. The van der Waals surface area contributed by atoms with Gasteiger partial charge in [0.25, 0.3) is 0 Å². The van der Waals surface area contributed by atoms with E-state index in [1.165, 1.54) is 5.06 Å². The van der Waals surface area contributed by atoms with Gasteiger partial charge in [-0.2, -0.15) is 5.06 Å². The Morgan fingerprint density at radius 1 is 0.750 bits per heavy atom. The third-order valence-electron chi connectivity index (χ3n) is 3.48. The summed E-state index contributed by atoms with van der Waals surface area (Å²) in [6, 6.07) is 25.7. The topological polar surface area (TPSA) is 38.8 Å². The van der Waals surface area contributed by atoms with E-state index in [-0.39, 0.29) is 0 Å². The highest BCUT2D eigenvalue weighted by molar-refractivity contribution is 5.90. The molecule has 24 heavy (non-hydrogen) atoms. The largest absolute Gasteiger partial charge is 0.497 e. The van der Waals surface area contributed by atoms with Crippen molar-refractivity contribution in [3.8, 4) is 5.75 Å². The predicted octanol–water partition coefficient (Wildman–Crippen LogP) is 4.61. The maximum atomic E-state index is 12.4. The Kier molecular flexibility index (Phi) is 4.77. The van der Waals surface area contributed by atoms with Gasteiger partial charge in [-0.3, -0.25) is 0 Å². The monoisotopic (exact) mass is 319 g/mol. The molecule has 4 heteroatoms. The SMILES string of the molecule is COc1ccc(N(OC(=O)c2ccccc2)c2ccccc2)cc1. The number of carbonyl (C=O) groups is 1. The van der Waals surface area contributed by atoms with Crippen molar-refractivity contribution in [2.45, 2.75) is 0 Å². The Morgan fingerprint density at radius 3 is 1.88 bits per heavy atom. The molecule has 0 saturated carbocycles. The summed E-state index contributed by atoms with van der Waals surface area (Å²) < 4.78 is 5.18. The molecular weight excluding hydrogens is 302 g/mol. The lowest BCUT2D eigenvalue weighted by Gasteiger charge is -2.23. The fraction of sp³-hybridized carbons (Fsp3) is 0.0500. The zero-order chi connectivity index (χ0) is 16.8.